The van der Waals surface area contributed by atoms with E-state index in [-0.39, 0.29) is 17.5 Å². The number of carbonyl (C=O) groups is 2. The number of carbonyl (C=O) groups excluding carboxylic acids is 2. The van der Waals surface area contributed by atoms with Gasteiger partial charge in [0.15, 0.2) is 5.13 Å². The number of aromatic nitrogens is 1. The second kappa shape index (κ2) is 12.9. The molecule has 0 aliphatic carbocycles. The number of rotatable bonds is 9. The fraction of sp³-hybridized carbons (Fsp3) is 0.0333. The van der Waals surface area contributed by atoms with Gasteiger partial charge in [-0.15, -0.1) is 23.1 Å². The second-order valence-corrected chi connectivity index (χ2v) is 11.7. The van der Waals surface area contributed by atoms with Gasteiger partial charge in [0, 0.05) is 43.7 Å². The highest BCUT2D eigenvalue weighted by atomic mass is 79.9. The summed E-state index contributed by atoms with van der Waals surface area (Å²) in [5.74, 6) is -0.582. The number of benzene rings is 4. The molecular weight excluding hydrogens is 624 g/mol. The number of nitrogens with one attached hydrogen (secondary N) is 2. The largest absolute Gasteiger partial charge is 0.322 e. The van der Waals surface area contributed by atoms with Crippen LogP contribution >= 0.6 is 39.0 Å². The third-order valence-corrected chi connectivity index (χ3v) is 8.47. The summed E-state index contributed by atoms with van der Waals surface area (Å²) in [6.07, 6.45) is 0. The number of anilines is 2. The van der Waals surface area contributed by atoms with Crippen LogP contribution in [0.4, 0.5) is 16.5 Å². The molecule has 0 saturated heterocycles. The molecule has 1 atom stereocenters. The molecule has 0 bridgehead atoms. The van der Waals surface area contributed by atoms with Crippen LogP contribution in [-0.2, 0) is 4.79 Å². The normalized spacial score (nSPS) is 11.4. The molecule has 0 fully saturated rings. The van der Waals surface area contributed by atoms with Gasteiger partial charge >= 0.3 is 0 Å². The number of amides is 2. The molecule has 0 saturated carbocycles. The lowest BCUT2D eigenvalue weighted by Crippen LogP contribution is -2.19. The summed E-state index contributed by atoms with van der Waals surface area (Å²) in [7, 11) is 0. The summed E-state index contributed by atoms with van der Waals surface area (Å²) in [6, 6.07) is 29.9. The zero-order valence-electron chi connectivity index (χ0n) is 21.2. The van der Waals surface area contributed by atoms with Crippen LogP contribution in [-0.4, -0.2) is 21.7 Å². The summed E-state index contributed by atoms with van der Waals surface area (Å²) in [5.41, 5.74) is 3.37. The third-order valence-electron chi connectivity index (χ3n) is 5.92. The quantitative estimate of drug-likeness (QED) is 0.0949. The topological polar surface area (TPSA) is 114 Å². The monoisotopic (exact) mass is 644 g/mol. The van der Waals surface area contributed by atoms with E-state index in [0.29, 0.717) is 16.4 Å². The fourth-order valence-electron chi connectivity index (χ4n) is 3.85. The van der Waals surface area contributed by atoms with Crippen LogP contribution in [0, 0.1) is 10.1 Å². The summed E-state index contributed by atoms with van der Waals surface area (Å²) < 4.78 is 0.979. The molecule has 204 valence electrons. The van der Waals surface area contributed by atoms with Crippen molar-refractivity contribution in [1.29, 1.82) is 0 Å². The van der Waals surface area contributed by atoms with Crippen LogP contribution < -0.4 is 10.6 Å². The van der Waals surface area contributed by atoms with Crippen molar-refractivity contribution in [1.82, 2.24) is 4.98 Å². The second-order valence-electron chi connectivity index (χ2n) is 8.73. The van der Waals surface area contributed by atoms with Crippen molar-refractivity contribution in [3.63, 3.8) is 0 Å². The zero-order valence-corrected chi connectivity index (χ0v) is 24.4. The molecule has 1 unspecified atom stereocenters. The zero-order chi connectivity index (χ0) is 28.8. The Balaban J connectivity index is 1.27. The van der Waals surface area contributed by atoms with E-state index in [2.05, 4.69) is 31.5 Å². The lowest BCUT2D eigenvalue weighted by Gasteiger charge is -2.16. The molecule has 0 spiro atoms. The highest BCUT2D eigenvalue weighted by Gasteiger charge is 2.23. The van der Waals surface area contributed by atoms with Crippen LogP contribution in [0.15, 0.2) is 118 Å². The lowest BCUT2D eigenvalue weighted by molar-refractivity contribution is -0.384. The number of nitro groups is 1. The van der Waals surface area contributed by atoms with E-state index in [1.165, 1.54) is 47.4 Å². The van der Waals surface area contributed by atoms with Gasteiger partial charge in [0.05, 0.1) is 10.6 Å². The first-order chi connectivity index (χ1) is 19.9. The predicted octanol–water partition coefficient (Wildman–Crippen LogP) is 8.21. The van der Waals surface area contributed by atoms with Crippen molar-refractivity contribution >= 4 is 67.3 Å². The van der Waals surface area contributed by atoms with E-state index >= 15 is 0 Å². The number of thioether (sulfide) groups is 1. The first-order valence-electron chi connectivity index (χ1n) is 12.3. The highest BCUT2D eigenvalue weighted by Crippen LogP contribution is 2.37. The molecule has 2 amide bonds. The van der Waals surface area contributed by atoms with Gasteiger partial charge in [-0.1, -0.05) is 58.4 Å². The Morgan fingerprint density at radius 1 is 0.878 bits per heavy atom. The molecule has 4 aromatic carbocycles. The van der Waals surface area contributed by atoms with Crippen molar-refractivity contribution in [2.24, 2.45) is 0 Å². The van der Waals surface area contributed by atoms with Crippen molar-refractivity contribution in [3.8, 4) is 11.3 Å². The summed E-state index contributed by atoms with van der Waals surface area (Å²) in [6.45, 7) is 0. The minimum absolute atomic E-state index is 0.0835. The highest BCUT2D eigenvalue weighted by molar-refractivity contribution is 9.10. The number of hydrogen-bond acceptors (Lipinski definition) is 7. The van der Waals surface area contributed by atoms with Crippen LogP contribution in [0.1, 0.15) is 21.2 Å². The number of halogens is 1. The summed E-state index contributed by atoms with van der Waals surface area (Å²) in [4.78, 5) is 41.8. The molecule has 41 heavy (non-hydrogen) atoms. The Bertz CT molecular complexity index is 1680. The molecule has 1 aromatic heterocycles. The smallest absolute Gasteiger partial charge is 0.269 e. The molecule has 2 N–H and O–H groups in total. The van der Waals surface area contributed by atoms with Crippen LogP contribution in [0.2, 0.25) is 0 Å². The number of nitrogens with zero attached hydrogens (tertiary/aromatic N) is 2. The fourth-order valence-corrected chi connectivity index (χ4v) is 5.86. The molecule has 5 rings (SSSR count). The molecule has 0 aliphatic rings. The van der Waals surface area contributed by atoms with Gasteiger partial charge in [-0.25, -0.2) is 4.98 Å². The third kappa shape index (κ3) is 7.26. The average Bonchev–Trinajstić information content (AvgIpc) is 3.46. The molecule has 11 heteroatoms. The lowest BCUT2D eigenvalue weighted by atomic mass is 10.1. The van der Waals surface area contributed by atoms with E-state index in [9.17, 15) is 19.7 Å². The molecular formula is C30H21BrN4O4S2. The standard InChI is InChI=1S/C30H21BrN4O4S2/c31-22-10-6-19(7-11-22)26-18-40-30(33-26)34-29(37)27(20-4-2-1-3-5-20)41-25-16-12-23(13-17-25)32-28(36)21-8-14-24(15-9-21)35(38)39/h1-18,27H,(H,32,36)(H,33,34,37). The Kier molecular flexibility index (Phi) is 8.88. The maximum atomic E-state index is 13.5. The van der Waals surface area contributed by atoms with Gasteiger partial charge in [-0.05, 0) is 54.1 Å². The van der Waals surface area contributed by atoms with Crippen LogP contribution in [0.5, 0.6) is 0 Å². The van der Waals surface area contributed by atoms with Crippen LogP contribution in [0.25, 0.3) is 11.3 Å². The first-order valence-corrected chi connectivity index (χ1v) is 14.8. The first kappa shape index (κ1) is 28.2. The Hall–Kier alpha value is -4.32. The molecule has 0 aliphatic heterocycles. The number of non-ortho nitro benzene ring substituents is 1. The van der Waals surface area contributed by atoms with E-state index in [1.54, 1.807) is 12.1 Å². The minimum atomic E-state index is -0.545. The molecule has 0 radical (unpaired) electrons. The van der Waals surface area contributed by atoms with Crippen molar-refractivity contribution in [2.75, 3.05) is 10.6 Å². The average molecular weight is 646 g/mol. The maximum Gasteiger partial charge on any atom is 0.269 e. The number of thiazole rings is 1. The summed E-state index contributed by atoms with van der Waals surface area (Å²) >= 11 is 6.19. The molecule has 5 aromatic rings. The van der Waals surface area contributed by atoms with E-state index in [0.717, 1.165) is 26.2 Å². The Labute approximate surface area is 252 Å². The van der Waals surface area contributed by atoms with Gasteiger partial charge < -0.3 is 10.6 Å². The number of nitro benzene ring substituents is 1. The van der Waals surface area contributed by atoms with Crippen molar-refractivity contribution < 1.29 is 14.5 Å². The van der Waals surface area contributed by atoms with Crippen LogP contribution in [0.3, 0.4) is 0 Å². The SMILES string of the molecule is O=C(Nc1ccc(SC(C(=O)Nc2nc(-c3ccc(Br)cc3)cs2)c2ccccc2)cc1)c1ccc([N+](=O)[O-])cc1. The van der Waals surface area contributed by atoms with Crippen molar-refractivity contribution in [3.05, 3.63) is 134 Å². The Morgan fingerprint density at radius 2 is 1.56 bits per heavy atom. The predicted molar refractivity (Wildman–Crippen MR) is 166 cm³/mol. The minimum Gasteiger partial charge on any atom is -0.322 e. The number of hydrogen-bond donors (Lipinski definition) is 2. The van der Waals surface area contributed by atoms with Gasteiger partial charge in [-0.3, -0.25) is 19.7 Å². The Morgan fingerprint density at radius 3 is 2.22 bits per heavy atom. The van der Waals surface area contributed by atoms with Gasteiger partial charge in [-0.2, -0.15) is 0 Å². The van der Waals surface area contributed by atoms with E-state index in [1.807, 2.05) is 72.1 Å². The van der Waals surface area contributed by atoms with E-state index in [4.69, 9.17) is 0 Å². The molecule has 1 heterocycles. The van der Waals surface area contributed by atoms with Gasteiger partial charge in [0.2, 0.25) is 5.91 Å². The van der Waals surface area contributed by atoms with E-state index < -0.39 is 10.2 Å². The molecule has 8 nitrogen and oxygen atoms in total. The maximum absolute atomic E-state index is 13.5. The van der Waals surface area contributed by atoms with Gasteiger partial charge in [0.25, 0.3) is 11.6 Å². The summed E-state index contributed by atoms with van der Waals surface area (Å²) in [5, 5.41) is 18.5. The van der Waals surface area contributed by atoms with Crippen molar-refractivity contribution in [2.45, 2.75) is 10.1 Å². The van der Waals surface area contributed by atoms with Gasteiger partial charge in [0.1, 0.15) is 5.25 Å².